The first-order valence-corrected chi connectivity index (χ1v) is 9.28. The van der Waals surface area contributed by atoms with E-state index in [-0.39, 0.29) is 18.3 Å². The monoisotopic (exact) mass is 349 g/mol. The van der Waals surface area contributed by atoms with Crippen LogP contribution in [0.1, 0.15) is 37.3 Å². The standard InChI is InChI=1S/C19H28FN3O2/c20-16-3-1-15(2-4-16)18(19(25)22-17-5-6-17)21-13-14-7-9-23(10-8-14)11-12-24/h1-4,14,17-18,21,24H,5-13H2,(H,22,25)/t18-/m0/s1. The van der Waals surface area contributed by atoms with Gasteiger partial charge in [-0.15, -0.1) is 0 Å². The van der Waals surface area contributed by atoms with E-state index in [1.54, 1.807) is 12.1 Å². The Morgan fingerprint density at radius 3 is 2.48 bits per heavy atom. The Hall–Kier alpha value is -1.50. The number of carbonyl (C=O) groups is 1. The van der Waals surface area contributed by atoms with Gasteiger partial charge in [0.2, 0.25) is 5.91 Å². The topological polar surface area (TPSA) is 64.6 Å². The smallest absolute Gasteiger partial charge is 0.241 e. The second-order valence-corrected chi connectivity index (χ2v) is 7.18. The van der Waals surface area contributed by atoms with Gasteiger partial charge in [0.05, 0.1) is 6.61 Å². The lowest BCUT2D eigenvalue weighted by atomic mass is 9.95. The molecule has 25 heavy (non-hydrogen) atoms. The molecule has 0 radical (unpaired) electrons. The minimum Gasteiger partial charge on any atom is -0.395 e. The highest BCUT2D eigenvalue weighted by Crippen LogP contribution is 2.22. The second kappa shape index (κ2) is 8.74. The Balaban J connectivity index is 1.56. The van der Waals surface area contributed by atoms with Crippen LogP contribution in [0.4, 0.5) is 4.39 Å². The quantitative estimate of drug-likeness (QED) is 0.665. The molecular weight excluding hydrogens is 321 g/mol. The first kappa shape index (κ1) is 18.3. The Bertz CT molecular complexity index is 554. The number of aliphatic hydroxyl groups is 1. The van der Waals surface area contributed by atoms with Crippen LogP contribution < -0.4 is 10.6 Å². The fourth-order valence-electron chi connectivity index (χ4n) is 3.37. The van der Waals surface area contributed by atoms with E-state index >= 15 is 0 Å². The number of nitrogens with one attached hydrogen (secondary N) is 2. The van der Waals surface area contributed by atoms with Gasteiger partial charge in [0.15, 0.2) is 0 Å². The summed E-state index contributed by atoms with van der Waals surface area (Å²) < 4.78 is 13.2. The molecule has 1 saturated heterocycles. The summed E-state index contributed by atoms with van der Waals surface area (Å²) in [5.41, 5.74) is 0.803. The number of amides is 1. The van der Waals surface area contributed by atoms with Gasteiger partial charge in [0, 0.05) is 12.6 Å². The molecule has 1 amide bonds. The summed E-state index contributed by atoms with van der Waals surface area (Å²) in [7, 11) is 0. The maximum absolute atomic E-state index is 13.2. The van der Waals surface area contributed by atoms with Crippen molar-refractivity contribution in [2.45, 2.75) is 37.8 Å². The number of hydrogen-bond acceptors (Lipinski definition) is 4. The van der Waals surface area contributed by atoms with Crippen LogP contribution in [0.2, 0.25) is 0 Å². The molecule has 0 bridgehead atoms. The summed E-state index contributed by atoms with van der Waals surface area (Å²) in [5, 5.41) is 15.5. The number of benzene rings is 1. The molecule has 3 rings (SSSR count). The van der Waals surface area contributed by atoms with Crippen molar-refractivity contribution in [3.63, 3.8) is 0 Å². The van der Waals surface area contributed by atoms with Gasteiger partial charge in [-0.1, -0.05) is 12.1 Å². The van der Waals surface area contributed by atoms with Crippen molar-refractivity contribution in [3.05, 3.63) is 35.6 Å². The maximum Gasteiger partial charge on any atom is 0.241 e. The lowest BCUT2D eigenvalue weighted by Gasteiger charge is -2.32. The fraction of sp³-hybridized carbons (Fsp3) is 0.632. The molecule has 3 N–H and O–H groups in total. The van der Waals surface area contributed by atoms with E-state index in [2.05, 4.69) is 15.5 Å². The molecule has 138 valence electrons. The van der Waals surface area contributed by atoms with Crippen LogP contribution in [0.5, 0.6) is 0 Å². The number of halogens is 1. The lowest BCUT2D eigenvalue weighted by molar-refractivity contribution is -0.123. The molecule has 2 aliphatic rings. The van der Waals surface area contributed by atoms with E-state index in [4.69, 9.17) is 5.11 Å². The van der Waals surface area contributed by atoms with E-state index in [1.165, 1.54) is 12.1 Å². The summed E-state index contributed by atoms with van der Waals surface area (Å²) in [5.74, 6) is 0.208. The Kier molecular flexibility index (Phi) is 6.39. The number of hydrogen-bond donors (Lipinski definition) is 3. The first-order valence-electron chi connectivity index (χ1n) is 9.28. The molecule has 1 atom stereocenters. The largest absolute Gasteiger partial charge is 0.395 e. The molecule has 0 unspecified atom stereocenters. The fourth-order valence-corrected chi connectivity index (χ4v) is 3.37. The van der Waals surface area contributed by atoms with Gasteiger partial charge in [-0.2, -0.15) is 0 Å². The third-order valence-corrected chi connectivity index (χ3v) is 5.12. The zero-order valence-corrected chi connectivity index (χ0v) is 14.6. The normalized spacial score (nSPS) is 20.4. The Labute approximate surface area is 148 Å². The molecule has 1 aromatic carbocycles. The van der Waals surface area contributed by atoms with Crippen molar-refractivity contribution in [2.75, 3.05) is 32.8 Å². The van der Waals surface area contributed by atoms with Crippen LogP contribution in [0, 0.1) is 11.7 Å². The van der Waals surface area contributed by atoms with E-state index in [9.17, 15) is 9.18 Å². The Morgan fingerprint density at radius 1 is 1.20 bits per heavy atom. The average Bonchev–Trinajstić information content (AvgIpc) is 3.42. The van der Waals surface area contributed by atoms with Crippen LogP contribution in [-0.4, -0.2) is 54.7 Å². The van der Waals surface area contributed by atoms with Gasteiger partial charge in [-0.05, 0) is 68.9 Å². The maximum atomic E-state index is 13.2. The SMILES string of the molecule is O=C(NC1CC1)[C@@H](NCC1CCN(CCO)CC1)c1ccc(F)cc1. The molecular formula is C19H28FN3O2. The number of β-amino-alcohol motifs (C(OH)–C–C–N with tert-alkyl or cyclic N) is 1. The van der Waals surface area contributed by atoms with Crippen molar-refractivity contribution in [1.29, 1.82) is 0 Å². The van der Waals surface area contributed by atoms with Crippen molar-refractivity contribution >= 4 is 5.91 Å². The number of rotatable bonds is 8. The Morgan fingerprint density at radius 2 is 1.88 bits per heavy atom. The molecule has 1 heterocycles. The van der Waals surface area contributed by atoms with Crippen LogP contribution in [0.3, 0.4) is 0 Å². The van der Waals surface area contributed by atoms with Crippen molar-refractivity contribution in [3.8, 4) is 0 Å². The summed E-state index contributed by atoms with van der Waals surface area (Å²) >= 11 is 0. The van der Waals surface area contributed by atoms with Gasteiger partial charge in [0.1, 0.15) is 11.9 Å². The second-order valence-electron chi connectivity index (χ2n) is 7.18. The lowest BCUT2D eigenvalue weighted by Crippen LogP contribution is -2.43. The van der Waals surface area contributed by atoms with Crippen molar-refractivity contribution in [1.82, 2.24) is 15.5 Å². The highest BCUT2D eigenvalue weighted by molar-refractivity contribution is 5.83. The van der Waals surface area contributed by atoms with Gasteiger partial charge in [0.25, 0.3) is 0 Å². The predicted molar refractivity (Wildman–Crippen MR) is 94.6 cm³/mol. The molecule has 2 fully saturated rings. The minimum absolute atomic E-state index is 0.0215. The summed E-state index contributed by atoms with van der Waals surface area (Å²) in [6.45, 7) is 3.69. The summed E-state index contributed by atoms with van der Waals surface area (Å²) in [4.78, 5) is 14.9. The van der Waals surface area contributed by atoms with E-state index < -0.39 is 6.04 Å². The number of piperidine rings is 1. The molecule has 0 spiro atoms. The molecule has 1 aliphatic carbocycles. The average molecular weight is 349 g/mol. The molecule has 5 nitrogen and oxygen atoms in total. The third-order valence-electron chi connectivity index (χ3n) is 5.12. The zero-order valence-electron chi connectivity index (χ0n) is 14.6. The van der Waals surface area contributed by atoms with Gasteiger partial charge >= 0.3 is 0 Å². The summed E-state index contributed by atoms with van der Waals surface area (Å²) in [6.07, 6.45) is 4.22. The number of aliphatic hydroxyl groups excluding tert-OH is 1. The molecule has 1 aliphatic heterocycles. The van der Waals surface area contributed by atoms with Gasteiger partial charge < -0.3 is 20.6 Å². The van der Waals surface area contributed by atoms with E-state index in [0.29, 0.717) is 12.0 Å². The minimum atomic E-state index is -0.434. The highest BCUT2D eigenvalue weighted by atomic mass is 19.1. The van der Waals surface area contributed by atoms with Crippen molar-refractivity contribution in [2.24, 2.45) is 5.92 Å². The molecule has 1 aromatic rings. The first-order chi connectivity index (χ1) is 12.2. The summed E-state index contributed by atoms with van der Waals surface area (Å²) in [6, 6.07) is 6.05. The predicted octanol–water partition coefficient (Wildman–Crippen LogP) is 1.44. The van der Waals surface area contributed by atoms with Crippen LogP contribution in [0.15, 0.2) is 24.3 Å². The van der Waals surface area contributed by atoms with Gasteiger partial charge in [-0.3, -0.25) is 4.79 Å². The number of nitrogens with zero attached hydrogens (tertiary/aromatic N) is 1. The number of carbonyl (C=O) groups excluding carboxylic acids is 1. The van der Waals surface area contributed by atoms with E-state index in [0.717, 1.165) is 57.4 Å². The molecule has 0 aromatic heterocycles. The third kappa shape index (κ3) is 5.49. The molecule has 1 saturated carbocycles. The van der Waals surface area contributed by atoms with Crippen LogP contribution in [0.25, 0.3) is 0 Å². The molecule has 6 heteroatoms. The highest BCUT2D eigenvalue weighted by Gasteiger charge is 2.29. The van der Waals surface area contributed by atoms with Crippen LogP contribution >= 0.6 is 0 Å². The van der Waals surface area contributed by atoms with E-state index in [1.807, 2.05) is 0 Å². The van der Waals surface area contributed by atoms with Crippen molar-refractivity contribution < 1.29 is 14.3 Å². The number of likely N-dealkylation sites (tertiary alicyclic amines) is 1. The van der Waals surface area contributed by atoms with Crippen LogP contribution in [-0.2, 0) is 4.79 Å². The zero-order chi connectivity index (χ0) is 17.6. The van der Waals surface area contributed by atoms with Gasteiger partial charge in [-0.25, -0.2) is 4.39 Å².